The van der Waals surface area contributed by atoms with Crippen molar-refractivity contribution >= 4 is 0 Å². The van der Waals surface area contributed by atoms with Crippen molar-refractivity contribution in [3.63, 3.8) is 0 Å². The van der Waals surface area contributed by atoms with Crippen molar-refractivity contribution in [3.8, 4) is 0 Å². The smallest absolute Gasteiger partial charge is 0.114 e. The van der Waals surface area contributed by atoms with E-state index >= 15 is 0 Å². The average molecular weight is 214 g/mol. The lowest BCUT2D eigenvalue weighted by Crippen LogP contribution is -2.54. The van der Waals surface area contributed by atoms with E-state index in [1.165, 1.54) is 19.5 Å². The van der Waals surface area contributed by atoms with Crippen LogP contribution < -0.4 is 0 Å². The van der Waals surface area contributed by atoms with Crippen LogP contribution in [0.25, 0.3) is 0 Å². The van der Waals surface area contributed by atoms with E-state index in [0.29, 0.717) is 6.54 Å². The lowest BCUT2D eigenvalue weighted by Gasteiger charge is -2.44. The zero-order valence-electron chi connectivity index (χ0n) is 9.95. The van der Waals surface area contributed by atoms with Crippen LogP contribution in [0.15, 0.2) is 0 Å². The second-order valence-corrected chi connectivity index (χ2v) is 5.22. The van der Waals surface area contributed by atoms with Crippen LogP contribution >= 0.6 is 0 Å². The van der Waals surface area contributed by atoms with Crippen molar-refractivity contribution in [2.45, 2.75) is 38.9 Å². The van der Waals surface area contributed by atoms with E-state index in [0.717, 1.165) is 31.5 Å². The number of halogens is 1. The Morgan fingerprint density at radius 1 is 1.33 bits per heavy atom. The van der Waals surface area contributed by atoms with Crippen LogP contribution in [0, 0.1) is 5.92 Å². The van der Waals surface area contributed by atoms with E-state index in [-0.39, 0.29) is 0 Å². The molecule has 2 atom stereocenters. The minimum Gasteiger partial charge on any atom is -0.300 e. The Balaban J connectivity index is 1.63. The SMILES string of the molecule is CCC(C)N1CC(CN2CC[C@@H](F)C2)C1. The largest absolute Gasteiger partial charge is 0.300 e. The first-order valence-corrected chi connectivity index (χ1v) is 6.29. The highest BCUT2D eigenvalue weighted by atomic mass is 19.1. The lowest BCUT2D eigenvalue weighted by molar-refractivity contribution is 0.0385. The zero-order valence-corrected chi connectivity index (χ0v) is 9.95. The summed E-state index contributed by atoms with van der Waals surface area (Å²) in [5.74, 6) is 0.796. The minimum absolute atomic E-state index is 0.559. The summed E-state index contributed by atoms with van der Waals surface area (Å²) < 4.78 is 13.0. The van der Waals surface area contributed by atoms with Crippen molar-refractivity contribution in [3.05, 3.63) is 0 Å². The topological polar surface area (TPSA) is 6.48 Å². The van der Waals surface area contributed by atoms with Gasteiger partial charge in [0, 0.05) is 38.8 Å². The highest BCUT2D eigenvalue weighted by Crippen LogP contribution is 2.23. The highest BCUT2D eigenvalue weighted by Gasteiger charge is 2.32. The fourth-order valence-electron chi connectivity index (χ4n) is 2.66. The molecule has 0 aliphatic carbocycles. The van der Waals surface area contributed by atoms with Crippen LogP contribution in [0.3, 0.4) is 0 Å². The first-order valence-electron chi connectivity index (χ1n) is 6.29. The van der Waals surface area contributed by atoms with Gasteiger partial charge in [0.1, 0.15) is 6.17 Å². The Morgan fingerprint density at radius 2 is 2.07 bits per heavy atom. The fourth-order valence-corrected chi connectivity index (χ4v) is 2.66. The number of hydrogen-bond donors (Lipinski definition) is 0. The van der Waals surface area contributed by atoms with Crippen LogP contribution in [0.1, 0.15) is 26.7 Å². The van der Waals surface area contributed by atoms with Crippen LogP contribution in [0.4, 0.5) is 4.39 Å². The van der Waals surface area contributed by atoms with Crippen molar-refractivity contribution in [2.24, 2.45) is 5.92 Å². The normalized spacial score (nSPS) is 31.8. The summed E-state index contributed by atoms with van der Waals surface area (Å²) in [6.07, 6.45) is 1.43. The monoisotopic (exact) mass is 214 g/mol. The summed E-state index contributed by atoms with van der Waals surface area (Å²) in [4.78, 5) is 4.83. The third-order valence-corrected chi connectivity index (χ3v) is 3.93. The Kier molecular flexibility index (Phi) is 3.62. The molecule has 0 spiro atoms. The molecule has 3 heteroatoms. The van der Waals surface area contributed by atoms with Gasteiger partial charge in [-0.15, -0.1) is 0 Å². The molecule has 2 rings (SSSR count). The first-order chi connectivity index (χ1) is 7.19. The zero-order chi connectivity index (χ0) is 10.8. The summed E-state index contributed by atoms with van der Waals surface area (Å²) in [7, 11) is 0. The van der Waals surface area contributed by atoms with Crippen LogP contribution in [0.5, 0.6) is 0 Å². The van der Waals surface area contributed by atoms with Crippen LogP contribution in [0.2, 0.25) is 0 Å². The van der Waals surface area contributed by atoms with Crippen molar-refractivity contribution in [2.75, 3.05) is 32.7 Å². The molecule has 2 aliphatic heterocycles. The van der Waals surface area contributed by atoms with E-state index in [1.807, 2.05) is 0 Å². The van der Waals surface area contributed by atoms with Crippen molar-refractivity contribution in [1.29, 1.82) is 0 Å². The molecule has 0 aromatic carbocycles. The van der Waals surface area contributed by atoms with Gasteiger partial charge < -0.3 is 0 Å². The van der Waals surface area contributed by atoms with Crippen LogP contribution in [-0.4, -0.2) is 54.7 Å². The molecule has 0 aromatic heterocycles. The van der Waals surface area contributed by atoms with Gasteiger partial charge in [-0.3, -0.25) is 9.80 Å². The number of hydrogen-bond acceptors (Lipinski definition) is 2. The van der Waals surface area contributed by atoms with Gasteiger partial charge in [0.15, 0.2) is 0 Å². The van der Waals surface area contributed by atoms with E-state index in [2.05, 4.69) is 23.6 Å². The van der Waals surface area contributed by atoms with Gasteiger partial charge in [-0.2, -0.15) is 0 Å². The molecule has 1 unspecified atom stereocenters. The molecule has 0 aromatic rings. The molecular formula is C12H23FN2. The third kappa shape index (κ3) is 2.70. The molecule has 2 aliphatic rings. The Hall–Kier alpha value is -0.150. The predicted molar refractivity (Wildman–Crippen MR) is 60.8 cm³/mol. The van der Waals surface area contributed by atoms with Gasteiger partial charge in [0.25, 0.3) is 0 Å². The summed E-state index contributed by atoms with van der Waals surface area (Å²) in [5, 5.41) is 0. The standard InChI is InChI=1S/C12H23FN2/c1-3-10(2)15-7-11(8-15)6-14-5-4-12(13)9-14/h10-12H,3-9H2,1-2H3/t10?,12-/m1/s1. The summed E-state index contributed by atoms with van der Waals surface area (Å²) in [5.41, 5.74) is 0. The molecule has 0 bridgehead atoms. The van der Waals surface area contributed by atoms with Gasteiger partial charge in [-0.05, 0) is 25.7 Å². The summed E-state index contributed by atoms with van der Waals surface area (Å²) in [6.45, 7) is 9.76. The van der Waals surface area contributed by atoms with Crippen molar-refractivity contribution < 1.29 is 4.39 Å². The summed E-state index contributed by atoms with van der Waals surface area (Å²) >= 11 is 0. The maximum Gasteiger partial charge on any atom is 0.114 e. The molecule has 2 fully saturated rings. The maximum atomic E-state index is 13.0. The maximum absolute atomic E-state index is 13.0. The molecule has 0 N–H and O–H groups in total. The Labute approximate surface area is 92.4 Å². The minimum atomic E-state index is -0.559. The quantitative estimate of drug-likeness (QED) is 0.703. The van der Waals surface area contributed by atoms with Gasteiger partial charge in [-0.25, -0.2) is 4.39 Å². The molecule has 15 heavy (non-hydrogen) atoms. The van der Waals surface area contributed by atoms with Gasteiger partial charge in [-0.1, -0.05) is 6.92 Å². The second-order valence-electron chi connectivity index (χ2n) is 5.22. The fraction of sp³-hybridized carbons (Fsp3) is 1.00. The van der Waals surface area contributed by atoms with E-state index in [1.54, 1.807) is 0 Å². The number of rotatable bonds is 4. The number of likely N-dealkylation sites (tertiary alicyclic amines) is 2. The van der Waals surface area contributed by atoms with Gasteiger partial charge in [0.2, 0.25) is 0 Å². The second kappa shape index (κ2) is 4.79. The first kappa shape index (κ1) is 11.3. The average Bonchev–Trinajstić information content (AvgIpc) is 2.56. The highest BCUT2D eigenvalue weighted by molar-refractivity contribution is 4.87. The van der Waals surface area contributed by atoms with Gasteiger partial charge >= 0.3 is 0 Å². The third-order valence-electron chi connectivity index (χ3n) is 3.93. The van der Waals surface area contributed by atoms with Crippen LogP contribution in [-0.2, 0) is 0 Å². The van der Waals surface area contributed by atoms with E-state index in [9.17, 15) is 4.39 Å². The number of nitrogens with zero attached hydrogens (tertiary/aromatic N) is 2. The Bertz CT molecular complexity index is 204. The molecule has 88 valence electrons. The molecule has 2 nitrogen and oxygen atoms in total. The predicted octanol–water partition coefficient (Wildman–Crippen LogP) is 1.76. The van der Waals surface area contributed by atoms with Crippen molar-refractivity contribution in [1.82, 2.24) is 9.80 Å². The molecular weight excluding hydrogens is 191 g/mol. The molecule has 0 saturated carbocycles. The van der Waals surface area contributed by atoms with E-state index < -0.39 is 6.17 Å². The molecule has 2 saturated heterocycles. The molecule has 0 radical (unpaired) electrons. The summed E-state index contributed by atoms with van der Waals surface area (Å²) in [6, 6.07) is 0.730. The number of alkyl halides is 1. The van der Waals surface area contributed by atoms with E-state index in [4.69, 9.17) is 0 Å². The molecule has 2 heterocycles. The molecule has 0 amide bonds. The van der Waals surface area contributed by atoms with Gasteiger partial charge in [0.05, 0.1) is 0 Å². The lowest BCUT2D eigenvalue weighted by atomic mass is 9.96. The Morgan fingerprint density at radius 3 is 2.60 bits per heavy atom.